The third kappa shape index (κ3) is 5.03. The standard InChI is InChI=1S/C13H15BrF3NO/c14-11-5-10(8-18-3-1-2-4-18)6-12(7-11)19-9-13(15,16)17/h5-7H,1-4,8-9H2. The maximum Gasteiger partial charge on any atom is 0.422 e. The van der Waals surface area contributed by atoms with Crippen LogP contribution in [0.2, 0.25) is 0 Å². The van der Waals surface area contributed by atoms with Gasteiger partial charge in [0, 0.05) is 11.0 Å². The molecule has 0 bridgehead atoms. The first-order valence-corrected chi connectivity index (χ1v) is 6.93. The Morgan fingerprint density at radius 2 is 1.84 bits per heavy atom. The third-order valence-corrected chi connectivity index (χ3v) is 3.40. The summed E-state index contributed by atoms with van der Waals surface area (Å²) in [5.41, 5.74) is 0.966. The van der Waals surface area contributed by atoms with E-state index >= 15 is 0 Å². The highest BCUT2D eigenvalue weighted by Crippen LogP contribution is 2.25. The number of hydrogen-bond donors (Lipinski definition) is 0. The summed E-state index contributed by atoms with van der Waals surface area (Å²) in [6, 6.07) is 5.15. The fourth-order valence-electron chi connectivity index (χ4n) is 2.16. The van der Waals surface area contributed by atoms with E-state index in [-0.39, 0.29) is 5.75 Å². The quantitative estimate of drug-likeness (QED) is 0.823. The first-order chi connectivity index (χ1) is 8.92. The van der Waals surface area contributed by atoms with Crippen LogP contribution in [0.25, 0.3) is 0 Å². The van der Waals surface area contributed by atoms with Crippen molar-refractivity contribution in [1.82, 2.24) is 4.90 Å². The SMILES string of the molecule is FC(F)(F)COc1cc(Br)cc(CN2CCCC2)c1. The van der Waals surface area contributed by atoms with Gasteiger partial charge in [-0.15, -0.1) is 0 Å². The lowest BCUT2D eigenvalue weighted by Crippen LogP contribution is -2.20. The Kier molecular flexibility index (Phi) is 4.73. The van der Waals surface area contributed by atoms with Crippen molar-refractivity contribution in [3.8, 4) is 5.75 Å². The Bertz CT molecular complexity index is 430. The van der Waals surface area contributed by atoms with E-state index in [9.17, 15) is 13.2 Å². The minimum Gasteiger partial charge on any atom is -0.484 e. The van der Waals surface area contributed by atoms with Crippen molar-refractivity contribution in [3.05, 3.63) is 28.2 Å². The minimum atomic E-state index is -4.31. The number of benzene rings is 1. The van der Waals surface area contributed by atoms with Crippen LogP contribution in [0.4, 0.5) is 13.2 Å². The molecule has 1 fully saturated rings. The van der Waals surface area contributed by atoms with Gasteiger partial charge in [-0.2, -0.15) is 13.2 Å². The van der Waals surface area contributed by atoms with Crippen molar-refractivity contribution < 1.29 is 17.9 Å². The molecule has 0 saturated carbocycles. The van der Waals surface area contributed by atoms with E-state index in [4.69, 9.17) is 4.74 Å². The van der Waals surface area contributed by atoms with Crippen LogP contribution in [0.5, 0.6) is 5.75 Å². The summed E-state index contributed by atoms with van der Waals surface area (Å²) in [5.74, 6) is 0.251. The van der Waals surface area contributed by atoms with Gasteiger partial charge < -0.3 is 4.74 Å². The first kappa shape index (κ1) is 14.7. The fourth-order valence-corrected chi connectivity index (χ4v) is 2.68. The van der Waals surface area contributed by atoms with Crippen LogP contribution in [0.1, 0.15) is 18.4 Å². The molecule has 19 heavy (non-hydrogen) atoms. The van der Waals surface area contributed by atoms with Crippen LogP contribution in [-0.2, 0) is 6.54 Å². The zero-order valence-corrected chi connectivity index (χ0v) is 11.9. The Hall–Kier alpha value is -0.750. The number of rotatable bonds is 4. The van der Waals surface area contributed by atoms with Crippen molar-refractivity contribution in [2.24, 2.45) is 0 Å². The summed E-state index contributed by atoms with van der Waals surface area (Å²) in [4.78, 5) is 2.29. The minimum absolute atomic E-state index is 0.251. The van der Waals surface area contributed by atoms with Crippen LogP contribution in [-0.4, -0.2) is 30.8 Å². The summed E-state index contributed by atoms with van der Waals surface area (Å²) in [6.45, 7) is 1.59. The highest BCUT2D eigenvalue weighted by Gasteiger charge is 2.28. The fraction of sp³-hybridized carbons (Fsp3) is 0.538. The maximum absolute atomic E-state index is 12.1. The number of likely N-dealkylation sites (tertiary alicyclic amines) is 1. The van der Waals surface area contributed by atoms with Crippen LogP contribution in [0.15, 0.2) is 22.7 Å². The van der Waals surface area contributed by atoms with E-state index in [2.05, 4.69) is 20.8 Å². The lowest BCUT2D eigenvalue weighted by atomic mass is 10.2. The van der Waals surface area contributed by atoms with Gasteiger partial charge in [-0.05, 0) is 49.7 Å². The number of halogens is 4. The summed E-state index contributed by atoms with van der Waals surface area (Å²) >= 11 is 3.30. The Morgan fingerprint density at radius 1 is 1.16 bits per heavy atom. The monoisotopic (exact) mass is 337 g/mol. The smallest absolute Gasteiger partial charge is 0.422 e. The van der Waals surface area contributed by atoms with E-state index in [1.165, 1.54) is 12.8 Å². The molecule has 1 heterocycles. The molecular weight excluding hydrogens is 323 g/mol. The molecule has 1 aromatic carbocycles. The van der Waals surface area contributed by atoms with Gasteiger partial charge in [0.1, 0.15) is 5.75 Å². The topological polar surface area (TPSA) is 12.5 Å². The van der Waals surface area contributed by atoms with Gasteiger partial charge in [-0.1, -0.05) is 15.9 Å². The van der Waals surface area contributed by atoms with Gasteiger partial charge in [0.2, 0.25) is 0 Å². The summed E-state index contributed by atoms with van der Waals surface area (Å²) in [5, 5.41) is 0. The Balaban J connectivity index is 2.01. The van der Waals surface area contributed by atoms with Crippen LogP contribution in [0, 0.1) is 0 Å². The summed E-state index contributed by atoms with van der Waals surface area (Å²) in [6.07, 6.45) is -1.94. The highest BCUT2D eigenvalue weighted by atomic mass is 79.9. The van der Waals surface area contributed by atoms with Crippen LogP contribution >= 0.6 is 15.9 Å². The van der Waals surface area contributed by atoms with Crippen molar-refractivity contribution in [3.63, 3.8) is 0 Å². The molecule has 2 rings (SSSR count). The van der Waals surface area contributed by atoms with Crippen molar-refractivity contribution >= 4 is 15.9 Å². The third-order valence-electron chi connectivity index (χ3n) is 2.94. The van der Waals surface area contributed by atoms with E-state index in [1.54, 1.807) is 12.1 Å². The molecule has 0 amide bonds. The normalized spacial score (nSPS) is 16.8. The zero-order valence-electron chi connectivity index (χ0n) is 10.3. The molecule has 0 atom stereocenters. The predicted octanol–water partition coefficient (Wildman–Crippen LogP) is 3.99. The predicted molar refractivity (Wildman–Crippen MR) is 70.2 cm³/mol. The van der Waals surface area contributed by atoms with Crippen molar-refractivity contribution in [2.45, 2.75) is 25.6 Å². The van der Waals surface area contributed by atoms with E-state index < -0.39 is 12.8 Å². The Morgan fingerprint density at radius 3 is 2.47 bits per heavy atom. The van der Waals surface area contributed by atoms with Gasteiger partial charge in [-0.3, -0.25) is 4.90 Å². The largest absolute Gasteiger partial charge is 0.484 e. The van der Waals surface area contributed by atoms with Crippen LogP contribution < -0.4 is 4.74 Å². The lowest BCUT2D eigenvalue weighted by Gasteiger charge is -2.16. The maximum atomic E-state index is 12.1. The van der Waals surface area contributed by atoms with Gasteiger partial charge in [0.15, 0.2) is 6.61 Å². The molecule has 0 N–H and O–H groups in total. The molecule has 0 radical (unpaired) electrons. The lowest BCUT2D eigenvalue weighted by molar-refractivity contribution is -0.153. The van der Waals surface area contributed by atoms with Gasteiger partial charge in [0.25, 0.3) is 0 Å². The van der Waals surface area contributed by atoms with E-state index in [1.807, 2.05) is 6.07 Å². The average molecular weight is 338 g/mol. The second-order valence-corrected chi connectivity index (χ2v) is 5.60. The number of hydrogen-bond acceptors (Lipinski definition) is 2. The second-order valence-electron chi connectivity index (χ2n) is 4.68. The van der Waals surface area contributed by atoms with Gasteiger partial charge in [-0.25, -0.2) is 0 Å². The number of ether oxygens (including phenoxy) is 1. The number of alkyl halides is 3. The zero-order chi connectivity index (χ0) is 13.9. The van der Waals surface area contributed by atoms with E-state index in [0.29, 0.717) is 0 Å². The summed E-state index contributed by atoms with van der Waals surface area (Å²) < 4.78 is 41.9. The molecule has 6 heteroatoms. The number of nitrogens with zero attached hydrogens (tertiary/aromatic N) is 1. The average Bonchev–Trinajstić information content (AvgIpc) is 2.77. The molecule has 1 aliphatic heterocycles. The molecule has 2 nitrogen and oxygen atoms in total. The van der Waals surface area contributed by atoms with E-state index in [0.717, 1.165) is 29.7 Å². The molecule has 0 aliphatic carbocycles. The van der Waals surface area contributed by atoms with Crippen LogP contribution in [0.3, 0.4) is 0 Å². The molecule has 0 spiro atoms. The molecule has 0 aromatic heterocycles. The van der Waals surface area contributed by atoms with Crippen molar-refractivity contribution in [2.75, 3.05) is 19.7 Å². The van der Waals surface area contributed by atoms with Gasteiger partial charge in [0.05, 0.1) is 0 Å². The first-order valence-electron chi connectivity index (χ1n) is 6.14. The Labute approximate surface area is 118 Å². The molecular formula is C13H15BrF3NO. The summed E-state index contributed by atoms with van der Waals surface area (Å²) in [7, 11) is 0. The molecule has 1 aromatic rings. The molecule has 1 saturated heterocycles. The highest BCUT2D eigenvalue weighted by molar-refractivity contribution is 9.10. The second kappa shape index (κ2) is 6.13. The van der Waals surface area contributed by atoms with Crippen molar-refractivity contribution in [1.29, 1.82) is 0 Å². The molecule has 106 valence electrons. The molecule has 0 unspecified atom stereocenters. The molecule has 1 aliphatic rings. The van der Waals surface area contributed by atoms with Gasteiger partial charge >= 0.3 is 6.18 Å².